The second-order valence-corrected chi connectivity index (χ2v) is 4.70. The summed E-state index contributed by atoms with van der Waals surface area (Å²) in [5.74, 6) is 0.646. The number of benzene rings is 1. The third kappa shape index (κ3) is 3.79. The number of aryl methyl sites for hydroxylation is 1. The number of hydrogen-bond acceptors (Lipinski definition) is 2. The van der Waals surface area contributed by atoms with Crippen molar-refractivity contribution in [2.24, 2.45) is 11.8 Å². The Morgan fingerprint density at radius 2 is 1.71 bits per heavy atom. The zero-order valence-corrected chi connectivity index (χ0v) is 10.9. The van der Waals surface area contributed by atoms with E-state index in [0.29, 0.717) is 17.4 Å². The van der Waals surface area contributed by atoms with Gasteiger partial charge in [-0.15, -0.1) is 0 Å². The Morgan fingerprint density at radius 3 is 1.94 bits per heavy atom. The van der Waals surface area contributed by atoms with Crippen LogP contribution in [0.4, 0.5) is 4.39 Å². The molecule has 96 valence electrons. The molecule has 0 bridgehead atoms. The summed E-state index contributed by atoms with van der Waals surface area (Å²) in [5.41, 5.74) is 0.701. The van der Waals surface area contributed by atoms with Crippen LogP contribution in [0.25, 0.3) is 0 Å². The molecule has 3 heteroatoms. The monoisotopic (exact) mass is 240 g/mol. The maximum absolute atomic E-state index is 12.3. The standard InChI is InChI=1S/C7H7F.C7H14O2/c1-6-4-2-3-5-7(6)8;1-4-5(2)7(8)9-6(4)3/h2-5H,1H3;4-8H,1-3H3/t;4-,5?,6?,7?/m.0/s1. The minimum absolute atomic E-state index is 0.132. The minimum atomic E-state index is -0.532. The predicted octanol–water partition coefficient (Wildman–Crippen LogP) is 3.13. The van der Waals surface area contributed by atoms with Crippen LogP contribution in [0.2, 0.25) is 0 Å². The predicted molar refractivity (Wildman–Crippen MR) is 66.0 cm³/mol. The van der Waals surface area contributed by atoms with Gasteiger partial charge in [0.15, 0.2) is 6.29 Å². The molecule has 0 aliphatic carbocycles. The second-order valence-electron chi connectivity index (χ2n) is 4.70. The molecular weight excluding hydrogens is 219 g/mol. The largest absolute Gasteiger partial charge is 0.368 e. The highest BCUT2D eigenvalue weighted by atomic mass is 19.1. The molecule has 1 aromatic carbocycles. The molecule has 1 heterocycles. The highest BCUT2D eigenvalue weighted by molar-refractivity contribution is 5.14. The zero-order chi connectivity index (χ0) is 13.0. The lowest BCUT2D eigenvalue weighted by Gasteiger charge is -2.09. The van der Waals surface area contributed by atoms with Crippen LogP contribution in [-0.4, -0.2) is 17.5 Å². The third-order valence-electron chi connectivity index (χ3n) is 3.45. The highest BCUT2D eigenvalue weighted by Gasteiger charge is 2.34. The number of aliphatic hydroxyl groups is 1. The number of aliphatic hydroxyl groups excluding tert-OH is 1. The Hall–Kier alpha value is -0.930. The molecule has 1 aromatic rings. The van der Waals surface area contributed by atoms with Crippen molar-refractivity contribution in [3.05, 3.63) is 35.6 Å². The van der Waals surface area contributed by atoms with Gasteiger partial charge in [-0.25, -0.2) is 4.39 Å². The van der Waals surface area contributed by atoms with E-state index in [4.69, 9.17) is 9.84 Å². The smallest absolute Gasteiger partial charge is 0.157 e. The van der Waals surface area contributed by atoms with Gasteiger partial charge in [-0.2, -0.15) is 0 Å². The zero-order valence-electron chi connectivity index (χ0n) is 10.9. The molecule has 17 heavy (non-hydrogen) atoms. The Kier molecular flexibility index (Phi) is 5.09. The van der Waals surface area contributed by atoms with E-state index in [1.165, 1.54) is 6.07 Å². The van der Waals surface area contributed by atoms with Crippen LogP contribution in [0.1, 0.15) is 26.3 Å². The normalized spacial score (nSPS) is 31.9. The Balaban J connectivity index is 0.000000171. The molecule has 2 rings (SSSR count). The fraction of sp³-hybridized carbons (Fsp3) is 0.571. The fourth-order valence-electron chi connectivity index (χ4n) is 1.71. The van der Waals surface area contributed by atoms with Crippen molar-refractivity contribution in [2.45, 2.75) is 40.1 Å². The van der Waals surface area contributed by atoms with Crippen LogP contribution in [0, 0.1) is 24.6 Å². The lowest BCUT2D eigenvalue weighted by Crippen LogP contribution is -2.14. The van der Waals surface area contributed by atoms with Crippen molar-refractivity contribution in [3.8, 4) is 0 Å². The van der Waals surface area contributed by atoms with Crippen LogP contribution in [0.5, 0.6) is 0 Å². The van der Waals surface area contributed by atoms with Crippen molar-refractivity contribution < 1.29 is 14.2 Å². The minimum Gasteiger partial charge on any atom is -0.368 e. The molecule has 0 aromatic heterocycles. The van der Waals surface area contributed by atoms with Gasteiger partial charge < -0.3 is 9.84 Å². The first kappa shape index (κ1) is 14.1. The van der Waals surface area contributed by atoms with Crippen molar-refractivity contribution in [2.75, 3.05) is 0 Å². The average Bonchev–Trinajstić information content (AvgIpc) is 2.51. The van der Waals surface area contributed by atoms with E-state index in [0.717, 1.165) is 0 Å². The number of rotatable bonds is 0. The van der Waals surface area contributed by atoms with Gasteiger partial charge in [0.1, 0.15) is 5.82 Å². The topological polar surface area (TPSA) is 29.5 Å². The van der Waals surface area contributed by atoms with Crippen LogP contribution in [0.3, 0.4) is 0 Å². The molecule has 1 aliphatic heterocycles. The summed E-state index contributed by atoms with van der Waals surface area (Å²) in [6.07, 6.45) is -0.315. The average molecular weight is 240 g/mol. The van der Waals surface area contributed by atoms with Gasteiger partial charge in [0.25, 0.3) is 0 Å². The van der Waals surface area contributed by atoms with Gasteiger partial charge in [-0.3, -0.25) is 0 Å². The molecular formula is C14H21FO2. The fourth-order valence-corrected chi connectivity index (χ4v) is 1.71. The molecule has 1 N–H and O–H groups in total. The lowest BCUT2D eigenvalue weighted by atomic mass is 9.95. The summed E-state index contributed by atoms with van der Waals surface area (Å²) >= 11 is 0. The van der Waals surface area contributed by atoms with E-state index in [1.807, 2.05) is 19.9 Å². The molecule has 1 saturated heterocycles. The molecule has 1 aliphatic rings. The van der Waals surface area contributed by atoms with E-state index in [2.05, 4.69) is 6.92 Å². The van der Waals surface area contributed by atoms with Gasteiger partial charge >= 0.3 is 0 Å². The van der Waals surface area contributed by atoms with Gasteiger partial charge in [0.05, 0.1) is 6.10 Å². The summed E-state index contributed by atoms with van der Waals surface area (Å²) in [5, 5.41) is 9.12. The van der Waals surface area contributed by atoms with Crippen molar-refractivity contribution in [1.29, 1.82) is 0 Å². The van der Waals surface area contributed by atoms with Crippen LogP contribution in [0.15, 0.2) is 24.3 Å². The summed E-state index contributed by atoms with van der Waals surface area (Å²) in [6, 6.07) is 6.70. The van der Waals surface area contributed by atoms with Gasteiger partial charge in [-0.1, -0.05) is 32.0 Å². The Morgan fingerprint density at radius 1 is 1.12 bits per heavy atom. The molecule has 0 spiro atoms. The summed E-state index contributed by atoms with van der Waals surface area (Å²) < 4.78 is 17.5. The lowest BCUT2D eigenvalue weighted by molar-refractivity contribution is -0.101. The summed E-state index contributed by atoms with van der Waals surface area (Å²) in [6.45, 7) is 7.86. The number of halogens is 1. The Bertz CT molecular complexity index is 321. The SMILES string of the molecule is CC1OC(O)C(C)[C@@H]1C.Cc1ccccc1F. The first-order valence-corrected chi connectivity index (χ1v) is 5.98. The van der Waals surface area contributed by atoms with Crippen molar-refractivity contribution in [3.63, 3.8) is 0 Å². The van der Waals surface area contributed by atoms with Crippen LogP contribution < -0.4 is 0 Å². The summed E-state index contributed by atoms with van der Waals surface area (Å²) in [7, 11) is 0. The maximum Gasteiger partial charge on any atom is 0.157 e. The molecule has 0 radical (unpaired) electrons. The van der Waals surface area contributed by atoms with Crippen molar-refractivity contribution in [1.82, 2.24) is 0 Å². The van der Waals surface area contributed by atoms with E-state index in [-0.39, 0.29) is 11.9 Å². The second kappa shape index (κ2) is 6.12. The van der Waals surface area contributed by atoms with E-state index < -0.39 is 6.29 Å². The quantitative estimate of drug-likeness (QED) is 0.755. The first-order chi connectivity index (χ1) is 7.93. The highest BCUT2D eigenvalue weighted by Crippen LogP contribution is 2.29. The molecule has 3 unspecified atom stereocenters. The van der Waals surface area contributed by atoms with Crippen LogP contribution >= 0.6 is 0 Å². The molecule has 4 atom stereocenters. The summed E-state index contributed by atoms with van der Waals surface area (Å²) in [4.78, 5) is 0. The molecule has 0 amide bonds. The molecule has 2 nitrogen and oxygen atoms in total. The number of hydrogen-bond donors (Lipinski definition) is 1. The van der Waals surface area contributed by atoms with Gasteiger partial charge in [0, 0.05) is 5.92 Å². The molecule has 0 saturated carbocycles. The van der Waals surface area contributed by atoms with E-state index in [1.54, 1.807) is 19.1 Å². The van der Waals surface area contributed by atoms with Crippen LogP contribution in [-0.2, 0) is 4.74 Å². The van der Waals surface area contributed by atoms with Gasteiger partial charge in [-0.05, 0) is 31.4 Å². The third-order valence-corrected chi connectivity index (χ3v) is 3.45. The molecule has 1 fully saturated rings. The van der Waals surface area contributed by atoms with E-state index in [9.17, 15) is 4.39 Å². The first-order valence-electron chi connectivity index (χ1n) is 5.98. The van der Waals surface area contributed by atoms with Gasteiger partial charge in [0.2, 0.25) is 0 Å². The Labute approximate surface area is 102 Å². The maximum atomic E-state index is 12.3. The number of ether oxygens (including phenoxy) is 1. The van der Waals surface area contributed by atoms with Crippen molar-refractivity contribution >= 4 is 0 Å². The van der Waals surface area contributed by atoms with E-state index >= 15 is 0 Å².